The molecule has 0 saturated carbocycles. The minimum Gasteiger partial charge on any atom is -0.497 e. The van der Waals surface area contributed by atoms with Crippen LogP contribution in [0.3, 0.4) is 0 Å². The zero-order valence-corrected chi connectivity index (χ0v) is 17.6. The Labute approximate surface area is 179 Å². The molecular formula is C21H22FN3O5S. The average molecular weight is 447 g/mol. The summed E-state index contributed by atoms with van der Waals surface area (Å²) >= 11 is 0. The maximum atomic E-state index is 13.1. The summed E-state index contributed by atoms with van der Waals surface area (Å²) in [7, 11) is -2.14. The van der Waals surface area contributed by atoms with Crippen molar-refractivity contribution in [2.45, 2.75) is 35.8 Å². The molecule has 2 atom stereocenters. The Kier molecular flexibility index (Phi) is 6.03. The molecule has 0 aliphatic carbocycles. The average Bonchev–Trinajstić information content (AvgIpc) is 3.34. The van der Waals surface area contributed by atoms with Crippen LogP contribution >= 0.6 is 0 Å². The van der Waals surface area contributed by atoms with E-state index in [0.717, 1.165) is 23.4 Å². The highest BCUT2D eigenvalue weighted by Crippen LogP contribution is 2.33. The number of methoxy groups -OCH3 is 1. The van der Waals surface area contributed by atoms with Gasteiger partial charge < -0.3 is 14.4 Å². The van der Waals surface area contributed by atoms with Crippen LogP contribution < -0.4 is 4.74 Å². The molecule has 10 heteroatoms. The second-order valence-electron chi connectivity index (χ2n) is 7.44. The van der Waals surface area contributed by atoms with Gasteiger partial charge in [-0.25, -0.2) is 12.8 Å². The number of aromatic nitrogens is 2. The summed E-state index contributed by atoms with van der Waals surface area (Å²) in [6.07, 6.45) is -0.149. The molecule has 1 fully saturated rings. The second-order valence-corrected chi connectivity index (χ2v) is 9.43. The van der Waals surface area contributed by atoms with Crippen LogP contribution in [-0.4, -0.2) is 48.3 Å². The van der Waals surface area contributed by atoms with E-state index in [9.17, 15) is 17.9 Å². The topological polar surface area (TPSA) is 106 Å². The Morgan fingerprint density at radius 2 is 1.90 bits per heavy atom. The number of hydrogen-bond donors (Lipinski definition) is 1. The summed E-state index contributed by atoms with van der Waals surface area (Å²) in [6, 6.07) is 11.9. The minimum atomic E-state index is -3.75. The number of hydrogen-bond acceptors (Lipinski definition) is 8. The van der Waals surface area contributed by atoms with E-state index < -0.39 is 27.5 Å². The molecule has 1 aliphatic rings. The molecule has 0 amide bonds. The molecule has 4 rings (SSSR count). The standard InChI is InChI=1S/C21H22FN3O5S/c1-29-17-6-2-14(3-7-17)11-25-12-16(26)10-19(25)21-23-20(24-30-21)13-31(27,28)18-8-4-15(22)5-9-18/h2-9,16,19,26H,10-13H2,1H3/t16-,19+/m1/s1. The Morgan fingerprint density at radius 3 is 2.58 bits per heavy atom. The number of aliphatic hydroxyl groups excluding tert-OH is 1. The molecule has 1 aromatic heterocycles. The lowest BCUT2D eigenvalue weighted by Crippen LogP contribution is -2.24. The number of halogens is 1. The van der Waals surface area contributed by atoms with Gasteiger partial charge in [-0.15, -0.1) is 0 Å². The van der Waals surface area contributed by atoms with Crippen molar-refractivity contribution in [2.75, 3.05) is 13.7 Å². The Bertz CT molecular complexity index is 1130. The van der Waals surface area contributed by atoms with Crippen molar-refractivity contribution in [2.24, 2.45) is 0 Å². The number of benzene rings is 2. The summed E-state index contributed by atoms with van der Waals surface area (Å²) in [5.74, 6) is 0.0540. The molecule has 2 heterocycles. The van der Waals surface area contributed by atoms with Crippen LogP contribution in [0.2, 0.25) is 0 Å². The molecule has 3 aromatic rings. The lowest BCUT2D eigenvalue weighted by molar-refractivity contribution is 0.169. The highest BCUT2D eigenvalue weighted by molar-refractivity contribution is 7.90. The Morgan fingerprint density at radius 1 is 1.19 bits per heavy atom. The fourth-order valence-corrected chi connectivity index (χ4v) is 4.81. The van der Waals surface area contributed by atoms with Gasteiger partial charge in [0.05, 0.1) is 24.2 Å². The molecule has 2 aromatic carbocycles. The molecule has 0 bridgehead atoms. The maximum Gasteiger partial charge on any atom is 0.244 e. The summed E-state index contributed by atoms with van der Waals surface area (Å²) in [5.41, 5.74) is 1.03. The van der Waals surface area contributed by atoms with Crippen molar-refractivity contribution in [3.8, 4) is 5.75 Å². The first-order valence-corrected chi connectivity index (χ1v) is 11.3. The van der Waals surface area contributed by atoms with E-state index in [1.807, 2.05) is 29.2 Å². The summed E-state index contributed by atoms with van der Waals surface area (Å²) < 4.78 is 48.7. The van der Waals surface area contributed by atoms with Crippen molar-refractivity contribution in [3.63, 3.8) is 0 Å². The van der Waals surface area contributed by atoms with Gasteiger partial charge in [0, 0.05) is 13.1 Å². The van der Waals surface area contributed by atoms with Crippen LogP contribution in [-0.2, 0) is 22.1 Å². The smallest absolute Gasteiger partial charge is 0.244 e. The number of ether oxygens (including phenoxy) is 1. The zero-order valence-electron chi connectivity index (χ0n) is 16.8. The normalized spacial score (nSPS) is 19.6. The molecule has 8 nitrogen and oxygen atoms in total. The van der Waals surface area contributed by atoms with Gasteiger partial charge in [-0.05, 0) is 48.4 Å². The first-order valence-electron chi connectivity index (χ1n) is 9.70. The van der Waals surface area contributed by atoms with Crippen molar-refractivity contribution in [1.29, 1.82) is 0 Å². The van der Waals surface area contributed by atoms with Gasteiger partial charge in [0.25, 0.3) is 0 Å². The van der Waals surface area contributed by atoms with Crippen LogP contribution in [0.4, 0.5) is 4.39 Å². The highest BCUT2D eigenvalue weighted by atomic mass is 32.2. The fourth-order valence-electron chi connectivity index (χ4n) is 3.63. The molecule has 0 radical (unpaired) electrons. The Balaban J connectivity index is 1.49. The molecule has 0 spiro atoms. The van der Waals surface area contributed by atoms with Crippen molar-refractivity contribution >= 4 is 9.84 Å². The highest BCUT2D eigenvalue weighted by Gasteiger charge is 2.36. The third kappa shape index (κ3) is 4.92. The van der Waals surface area contributed by atoms with E-state index >= 15 is 0 Å². The lowest BCUT2D eigenvalue weighted by atomic mass is 10.1. The van der Waals surface area contributed by atoms with Gasteiger partial charge in [0.1, 0.15) is 17.3 Å². The fraction of sp³-hybridized carbons (Fsp3) is 0.333. The van der Waals surface area contributed by atoms with Gasteiger partial charge in [-0.3, -0.25) is 4.90 Å². The Hall–Kier alpha value is -2.82. The van der Waals surface area contributed by atoms with Gasteiger partial charge in [0.2, 0.25) is 5.89 Å². The minimum absolute atomic E-state index is 0.0160. The van der Waals surface area contributed by atoms with Crippen LogP contribution in [0.15, 0.2) is 57.9 Å². The van der Waals surface area contributed by atoms with E-state index in [0.29, 0.717) is 19.5 Å². The van der Waals surface area contributed by atoms with E-state index in [-0.39, 0.29) is 22.7 Å². The molecule has 0 unspecified atom stereocenters. The van der Waals surface area contributed by atoms with Crippen LogP contribution in [0, 0.1) is 5.82 Å². The van der Waals surface area contributed by atoms with Gasteiger partial charge in [-0.2, -0.15) is 4.98 Å². The van der Waals surface area contributed by atoms with Gasteiger partial charge in [-0.1, -0.05) is 17.3 Å². The van der Waals surface area contributed by atoms with E-state index in [1.165, 1.54) is 12.1 Å². The summed E-state index contributed by atoms with van der Waals surface area (Å²) in [5, 5.41) is 14.0. The number of rotatable bonds is 7. The van der Waals surface area contributed by atoms with Crippen molar-refractivity contribution in [3.05, 3.63) is 71.6 Å². The van der Waals surface area contributed by atoms with Crippen LogP contribution in [0.25, 0.3) is 0 Å². The zero-order chi connectivity index (χ0) is 22.0. The molecule has 31 heavy (non-hydrogen) atoms. The number of nitrogens with zero attached hydrogens (tertiary/aromatic N) is 3. The van der Waals surface area contributed by atoms with Crippen molar-refractivity contribution < 1.29 is 27.2 Å². The predicted molar refractivity (Wildman–Crippen MR) is 108 cm³/mol. The maximum absolute atomic E-state index is 13.1. The second kappa shape index (κ2) is 8.74. The third-order valence-corrected chi connectivity index (χ3v) is 6.82. The van der Waals surface area contributed by atoms with E-state index in [1.54, 1.807) is 7.11 Å². The monoisotopic (exact) mass is 447 g/mol. The van der Waals surface area contributed by atoms with Gasteiger partial charge >= 0.3 is 0 Å². The number of sulfone groups is 1. The quantitative estimate of drug-likeness (QED) is 0.551. The first kappa shape index (κ1) is 21.4. The largest absolute Gasteiger partial charge is 0.497 e. The lowest BCUT2D eigenvalue weighted by Gasteiger charge is -2.21. The summed E-state index contributed by atoms with van der Waals surface area (Å²) in [6.45, 7) is 0.986. The summed E-state index contributed by atoms with van der Waals surface area (Å²) in [4.78, 5) is 6.27. The van der Waals surface area contributed by atoms with Crippen LogP contribution in [0.1, 0.15) is 29.7 Å². The molecule has 1 saturated heterocycles. The molecule has 164 valence electrons. The molecular weight excluding hydrogens is 425 g/mol. The number of likely N-dealkylation sites (tertiary alicyclic amines) is 1. The SMILES string of the molecule is COc1ccc(CN2C[C@H](O)C[C@H]2c2nc(CS(=O)(=O)c3ccc(F)cc3)no2)cc1. The van der Waals surface area contributed by atoms with Crippen LogP contribution in [0.5, 0.6) is 5.75 Å². The number of β-amino-alcohol motifs (C(OH)–C–C–N with tert-alkyl or cyclic N) is 1. The van der Waals surface area contributed by atoms with Crippen molar-refractivity contribution in [1.82, 2.24) is 15.0 Å². The van der Waals surface area contributed by atoms with E-state index in [4.69, 9.17) is 9.26 Å². The predicted octanol–water partition coefficient (Wildman–Crippen LogP) is 2.50. The molecule has 1 N–H and O–H groups in total. The first-order chi connectivity index (χ1) is 14.8. The number of aliphatic hydroxyl groups is 1. The molecule has 1 aliphatic heterocycles. The van der Waals surface area contributed by atoms with Gasteiger partial charge in [0.15, 0.2) is 15.7 Å². The van der Waals surface area contributed by atoms with E-state index in [2.05, 4.69) is 10.1 Å². The third-order valence-electron chi connectivity index (χ3n) is 5.19.